The van der Waals surface area contributed by atoms with Gasteiger partial charge in [-0.1, -0.05) is 32.0 Å². The Morgan fingerprint density at radius 3 is 2.67 bits per heavy atom. The number of para-hydroxylation sites is 1. The Kier molecular flexibility index (Phi) is 6.21. The van der Waals surface area contributed by atoms with Gasteiger partial charge in [0.2, 0.25) is 0 Å². The fraction of sp³-hybridized carbons (Fsp3) is 0.471. The molecule has 21 heavy (non-hydrogen) atoms. The monoisotopic (exact) mass is 303 g/mol. The molecule has 1 N–H and O–H groups in total. The van der Waals surface area contributed by atoms with Gasteiger partial charge >= 0.3 is 0 Å². The zero-order valence-corrected chi connectivity index (χ0v) is 14.0. The Bertz CT molecular complexity index is 522. The molecule has 0 aliphatic carbocycles. The molecule has 2 rings (SSSR count). The Labute approximate surface area is 132 Å². The number of benzene rings is 1. The molecular weight excluding hydrogens is 278 g/mol. The van der Waals surface area contributed by atoms with E-state index in [1.165, 1.54) is 10.7 Å². The van der Waals surface area contributed by atoms with Gasteiger partial charge < -0.3 is 10.2 Å². The highest BCUT2D eigenvalue weighted by atomic mass is 32.1. The van der Waals surface area contributed by atoms with Crippen molar-refractivity contribution in [2.45, 2.75) is 33.9 Å². The fourth-order valence-electron chi connectivity index (χ4n) is 2.19. The van der Waals surface area contributed by atoms with Crippen LogP contribution in [-0.2, 0) is 13.1 Å². The van der Waals surface area contributed by atoms with Crippen LogP contribution in [0, 0.1) is 5.92 Å². The Balaban J connectivity index is 1.91. The van der Waals surface area contributed by atoms with Crippen LogP contribution in [0.5, 0.6) is 0 Å². The molecule has 0 radical (unpaired) electrons. The fourth-order valence-corrected chi connectivity index (χ4v) is 2.95. The molecule has 0 atom stereocenters. The minimum Gasteiger partial charge on any atom is -0.366 e. The maximum absolute atomic E-state index is 4.73. The molecule has 3 nitrogen and oxygen atoms in total. The second-order valence-electron chi connectivity index (χ2n) is 5.61. The van der Waals surface area contributed by atoms with Crippen molar-refractivity contribution in [2.24, 2.45) is 5.92 Å². The van der Waals surface area contributed by atoms with Crippen LogP contribution >= 0.6 is 11.3 Å². The van der Waals surface area contributed by atoms with Gasteiger partial charge in [-0.25, -0.2) is 4.98 Å². The van der Waals surface area contributed by atoms with Crippen LogP contribution in [0.15, 0.2) is 35.7 Å². The van der Waals surface area contributed by atoms with Gasteiger partial charge in [0.25, 0.3) is 0 Å². The molecule has 0 spiro atoms. The summed E-state index contributed by atoms with van der Waals surface area (Å²) in [6, 6.07) is 10.5. The SMILES string of the molecule is CCN(Cc1csc(CNCC(C)C)n1)c1ccccc1. The molecule has 1 heterocycles. The van der Waals surface area contributed by atoms with Crippen LogP contribution in [-0.4, -0.2) is 18.1 Å². The summed E-state index contributed by atoms with van der Waals surface area (Å²) in [6.45, 7) is 10.4. The van der Waals surface area contributed by atoms with E-state index in [-0.39, 0.29) is 0 Å². The maximum Gasteiger partial charge on any atom is 0.107 e. The van der Waals surface area contributed by atoms with Crippen molar-refractivity contribution in [3.8, 4) is 0 Å². The van der Waals surface area contributed by atoms with Crippen LogP contribution in [0.3, 0.4) is 0 Å². The predicted molar refractivity (Wildman–Crippen MR) is 91.8 cm³/mol. The van der Waals surface area contributed by atoms with Gasteiger partial charge in [0.1, 0.15) is 5.01 Å². The van der Waals surface area contributed by atoms with E-state index in [1.807, 2.05) is 0 Å². The van der Waals surface area contributed by atoms with Crippen LogP contribution in [0.2, 0.25) is 0 Å². The van der Waals surface area contributed by atoms with Crippen LogP contribution in [0.4, 0.5) is 5.69 Å². The first kappa shape index (κ1) is 16.0. The van der Waals surface area contributed by atoms with Crippen LogP contribution in [0.1, 0.15) is 31.5 Å². The average molecular weight is 303 g/mol. The quantitative estimate of drug-likeness (QED) is 0.801. The van der Waals surface area contributed by atoms with Gasteiger partial charge in [0.05, 0.1) is 12.2 Å². The molecule has 0 saturated heterocycles. The Hall–Kier alpha value is -1.39. The number of thiazole rings is 1. The lowest BCUT2D eigenvalue weighted by molar-refractivity contribution is 0.551. The van der Waals surface area contributed by atoms with Gasteiger partial charge in [0.15, 0.2) is 0 Å². The van der Waals surface area contributed by atoms with Crippen molar-refractivity contribution in [3.63, 3.8) is 0 Å². The van der Waals surface area contributed by atoms with E-state index in [0.29, 0.717) is 5.92 Å². The number of rotatable bonds is 8. The number of hydrogen-bond donors (Lipinski definition) is 1. The minimum absolute atomic E-state index is 0.679. The predicted octanol–water partition coefficient (Wildman–Crippen LogP) is 3.92. The molecule has 2 aromatic rings. The summed E-state index contributed by atoms with van der Waals surface area (Å²) in [5.74, 6) is 0.679. The van der Waals surface area contributed by atoms with E-state index in [9.17, 15) is 0 Å². The second kappa shape index (κ2) is 8.15. The molecule has 4 heteroatoms. The maximum atomic E-state index is 4.73. The first-order chi connectivity index (χ1) is 10.2. The van der Waals surface area contributed by atoms with E-state index in [1.54, 1.807) is 11.3 Å². The Morgan fingerprint density at radius 2 is 2.00 bits per heavy atom. The zero-order chi connectivity index (χ0) is 15.1. The smallest absolute Gasteiger partial charge is 0.107 e. The third kappa shape index (κ3) is 5.14. The van der Waals surface area contributed by atoms with Crippen LogP contribution in [0.25, 0.3) is 0 Å². The molecule has 0 bridgehead atoms. The zero-order valence-electron chi connectivity index (χ0n) is 13.2. The molecule has 0 aliphatic heterocycles. The molecular formula is C17H25N3S. The number of anilines is 1. The molecule has 114 valence electrons. The van der Waals surface area contributed by atoms with Crippen LogP contribution < -0.4 is 10.2 Å². The molecule has 0 amide bonds. The highest BCUT2D eigenvalue weighted by Gasteiger charge is 2.08. The molecule has 0 saturated carbocycles. The third-order valence-electron chi connectivity index (χ3n) is 3.28. The normalized spacial score (nSPS) is 11.0. The summed E-state index contributed by atoms with van der Waals surface area (Å²) in [6.07, 6.45) is 0. The van der Waals surface area contributed by atoms with E-state index in [4.69, 9.17) is 4.98 Å². The first-order valence-electron chi connectivity index (χ1n) is 7.63. The number of nitrogens with one attached hydrogen (secondary N) is 1. The second-order valence-corrected chi connectivity index (χ2v) is 6.55. The summed E-state index contributed by atoms with van der Waals surface area (Å²) in [4.78, 5) is 7.08. The van der Waals surface area contributed by atoms with Crippen molar-refractivity contribution < 1.29 is 0 Å². The summed E-state index contributed by atoms with van der Waals surface area (Å²) in [5, 5.41) is 6.80. The van der Waals surface area contributed by atoms with Crippen molar-refractivity contribution in [3.05, 3.63) is 46.4 Å². The molecule has 0 unspecified atom stereocenters. The average Bonchev–Trinajstić information content (AvgIpc) is 2.93. The largest absolute Gasteiger partial charge is 0.366 e. The number of hydrogen-bond acceptors (Lipinski definition) is 4. The minimum atomic E-state index is 0.679. The molecule has 1 aromatic heterocycles. The van der Waals surface area contributed by atoms with Crippen molar-refractivity contribution in [2.75, 3.05) is 18.0 Å². The summed E-state index contributed by atoms with van der Waals surface area (Å²) < 4.78 is 0. The van der Waals surface area contributed by atoms with E-state index >= 15 is 0 Å². The standard InChI is InChI=1S/C17H25N3S/c1-4-20(16-8-6-5-7-9-16)12-15-13-21-17(19-15)11-18-10-14(2)3/h5-9,13-14,18H,4,10-12H2,1-3H3. The van der Waals surface area contributed by atoms with E-state index in [2.05, 4.69) is 66.7 Å². The molecule has 0 aliphatic rings. The van der Waals surface area contributed by atoms with E-state index < -0.39 is 0 Å². The summed E-state index contributed by atoms with van der Waals surface area (Å²) in [7, 11) is 0. The van der Waals surface area contributed by atoms with Crippen molar-refractivity contribution in [1.29, 1.82) is 0 Å². The highest BCUT2D eigenvalue weighted by Crippen LogP contribution is 2.18. The van der Waals surface area contributed by atoms with Gasteiger partial charge in [0, 0.05) is 24.2 Å². The van der Waals surface area contributed by atoms with Gasteiger partial charge in [-0.15, -0.1) is 11.3 Å². The summed E-state index contributed by atoms with van der Waals surface area (Å²) >= 11 is 1.75. The van der Waals surface area contributed by atoms with Crippen molar-refractivity contribution >= 4 is 17.0 Å². The lowest BCUT2D eigenvalue weighted by Crippen LogP contribution is -2.22. The van der Waals surface area contributed by atoms with Gasteiger partial charge in [-0.3, -0.25) is 0 Å². The van der Waals surface area contributed by atoms with Gasteiger partial charge in [-0.05, 0) is 31.5 Å². The number of nitrogens with zero attached hydrogens (tertiary/aromatic N) is 2. The van der Waals surface area contributed by atoms with Gasteiger partial charge in [-0.2, -0.15) is 0 Å². The summed E-state index contributed by atoms with van der Waals surface area (Å²) in [5.41, 5.74) is 2.42. The van der Waals surface area contributed by atoms with E-state index in [0.717, 1.165) is 31.9 Å². The molecule has 0 fully saturated rings. The lowest BCUT2D eigenvalue weighted by atomic mass is 10.2. The third-order valence-corrected chi connectivity index (χ3v) is 4.18. The Morgan fingerprint density at radius 1 is 1.24 bits per heavy atom. The number of aromatic nitrogens is 1. The first-order valence-corrected chi connectivity index (χ1v) is 8.51. The lowest BCUT2D eigenvalue weighted by Gasteiger charge is -2.21. The molecule has 1 aromatic carbocycles. The topological polar surface area (TPSA) is 28.2 Å². The van der Waals surface area contributed by atoms with Crippen molar-refractivity contribution in [1.82, 2.24) is 10.3 Å². The highest BCUT2D eigenvalue weighted by molar-refractivity contribution is 7.09.